The Kier molecular flexibility index (Phi) is 6.42. The maximum Gasteiger partial charge on any atom is 0.246 e. The lowest BCUT2D eigenvalue weighted by Crippen LogP contribution is -2.73. The average molecular weight is 420 g/mol. The molecule has 2 aromatic carbocycles. The van der Waals surface area contributed by atoms with E-state index in [1.165, 1.54) is 11.1 Å². The van der Waals surface area contributed by atoms with Gasteiger partial charge in [-0.05, 0) is 37.3 Å². The third-order valence-electron chi connectivity index (χ3n) is 6.71. The Balaban J connectivity index is 1.47. The normalized spacial score (nSPS) is 21.4. The molecule has 0 radical (unpaired) electrons. The standard InChI is InChI=1S/C26H33N3O2/c1-3-14-29-24(30)23(18-21-9-5-4-6-10-21)27-25(31)26(29)12-15-28(16-13-26)19-22-11-7-8-20(2)17-22/h4-11,17,23H,3,12-16,18-19H2,1-2H3,(H,27,31). The lowest BCUT2D eigenvalue weighted by Gasteiger charge is -2.51. The minimum Gasteiger partial charge on any atom is -0.342 e. The number of likely N-dealkylation sites (tertiary alicyclic amines) is 1. The summed E-state index contributed by atoms with van der Waals surface area (Å²) in [5.74, 6) is 0.0918. The van der Waals surface area contributed by atoms with Crippen LogP contribution in [0.1, 0.15) is 42.9 Å². The van der Waals surface area contributed by atoms with Gasteiger partial charge in [-0.25, -0.2) is 0 Å². The molecule has 5 heteroatoms. The fourth-order valence-electron chi connectivity index (χ4n) is 5.06. The van der Waals surface area contributed by atoms with Crippen LogP contribution in [0.5, 0.6) is 0 Å². The van der Waals surface area contributed by atoms with E-state index in [9.17, 15) is 9.59 Å². The second-order valence-electron chi connectivity index (χ2n) is 9.00. The van der Waals surface area contributed by atoms with E-state index in [0.717, 1.165) is 31.6 Å². The molecule has 0 bridgehead atoms. The molecule has 0 aromatic heterocycles. The summed E-state index contributed by atoms with van der Waals surface area (Å²) < 4.78 is 0. The second kappa shape index (κ2) is 9.23. The van der Waals surface area contributed by atoms with Gasteiger partial charge in [-0.2, -0.15) is 0 Å². The van der Waals surface area contributed by atoms with E-state index in [1.54, 1.807) is 0 Å². The van der Waals surface area contributed by atoms with Crippen LogP contribution in [0.3, 0.4) is 0 Å². The number of benzene rings is 2. The monoisotopic (exact) mass is 419 g/mol. The van der Waals surface area contributed by atoms with Gasteiger partial charge in [0.2, 0.25) is 11.8 Å². The Bertz CT molecular complexity index is 919. The molecule has 2 aromatic rings. The van der Waals surface area contributed by atoms with Crippen molar-refractivity contribution in [1.29, 1.82) is 0 Å². The second-order valence-corrected chi connectivity index (χ2v) is 9.00. The van der Waals surface area contributed by atoms with Crippen molar-refractivity contribution in [3.63, 3.8) is 0 Å². The molecule has 164 valence electrons. The van der Waals surface area contributed by atoms with E-state index in [0.29, 0.717) is 25.8 Å². The van der Waals surface area contributed by atoms with E-state index in [4.69, 9.17) is 0 Å². The van der Waals surface area contributed by atoms with Gasteiger partial charge in [-0.1, -0.05) is 67.1 Å². The van der Waals surface area contributed by atoms with Crippen molar-refractivity contribution >= 4 is 11.8 Å². The van der Waals surface area contributed by atoms with Crippen LogP contribution in [0, 0.1) is 6.92 Å². The SMILES string of the molecule is CCCN1C(=O)C(Cc2ccccc2)NC(=O)C12CCN(Cc1cccc(C)c1)CC2. The number of carbonyl (C=O) groups excluding carboxylic acids is 2. The third kappa shape index (κ3) is 4.52. The van der Waals surface area contributed by atoms with Crippen LogP contribution >= 0.6 is 0 Å². The molecule has 1 atom stereocenters. The molecule has 2 aliphatic heterocycles. The van der Waals surface area contributed by atoms with Crippen LogP contribution in [0.4, 0.5) is 0 Å². The van der Waals surface area contributed by atoms with Crippen molar-refractivity contribution in [3.8, 4) is 0 Å². The molecule has 0 aliphatic carbocycles. The summed E-state index contributed by atoms with van der Waals surface area (Å²) in [6, 6.07) is 18.0. The Morgan fingerprint density at radius 2 is 1.71 bits per heavy atom. The largest absolute Gasteiger partial charge is 0.342 e. The fourth-order valence-corrected chi connectivity index (χ4v) is 5.06. The molecule has 4 rings (SSSR count). The van der Waals surface area contributed by atoms with Crippen LogP contribution in [0.15, 0.2) is 54.6 Å². The maximum absolute atomic E-state index is 13.4. The number of nitrogens with one attached hydrogen (secondary N) is 1. The zero-order valence-electron chi connectivity index (χ0n) is 18.6. The molecule has 0 saturated carbocycles. The highest BCUT2D eigenvalue weighted by Crippen LogP contribution is 2.34. The summed E-state index contributed by atoms with van der Waals surface area (Å²) in [7, 11) is 0. The van der Waals surface area contributed by atoms with Gasteiger partial charge in [-0.3, -0.25) is 14.5 Å². The Hall–Kier alpha value is -2.66. The van der Waals surface area contributed by atoms with Crippen LogP contribution in [0.2, 0.25) is 0 Å². The first-order valence-corrected chi connectivity index (χ1v) is 11.5. The molecule has 5 nitrogen and oxygen atoms in total. The molecule has 2 fully saturated rings. The molecule has 1 N–H and O–H groups in total. The minimum atomic E-state index is -0.705. The topological polar surface area (TPSA) is 52.7 Å². The first-order chi connectivity index (χ1) is 15.0. The van der Waals surface area contributed by atoms with E-state index in [2.05, 4.69) is 48.3 Å². The molecule has 2 saturated heterocycles. The quantitative estimate of drug-likeness (QED) is 0.782. The van der Waals surface area contributed by atoms with Gasteiger partial charge in [-0.15, -0.1) is 0 Å². The van der Waals surface area contributed by atoms with Crippen LogP contribution in [-0.4, -0.2) is 52.8 Å². The number of hydrogen-bond acceptors (Lipinski definition) is 3. The van der Waals surface area contributed by atoms with Gasteiger partial charge in [0.15, 0.2) is 0 Å². The summed E-state index contributed by atoms with van der Waals surface area (Å²) >= 11 is 0. The number of piperazine rings is 1. The van der Waals surface area contributed by atoms with Gasteiger partial charge in [0.25, 0.3) is 0 Å². The number of aryl methyl sites for hydroxylation is 1. The summed E-state index contributed by atoms with van der Waals surface area (Å²) in [6.45, 7) is 7.34. The molecular weight excluding hydrogens is 386 g/mol. The van der Waals surface area contributed by atoms with Gasteiger partial charge < -0.3 is 10.2 Å². The van der Waals surface area contributed by atoms with Crippen LogP contribution in [-0.2, 0) is 22.6 Å². The number of carbonyl (C=O) groups is 2. The van der Waals surface area contributed by atoms with E-state index in [-0.39, 0.29) is 11.8 Å². The van der Waals surface area contributed by atoms with Crippen molar-refractivity contribution in [3.05, 3.63) is 71.3 Å². The van der Waals surface area contributed by atoms with Gasteiger partial charge in [0.05, 0.1) is 0 Å². The lowest BCUT2D eigenvalue weighted by atomic mass is 9.81. The molecule has 2 amide bonds. The maximum atomic E-state index is 13.4. The molecule has 1 spiro atoms. The summed E-state index contributed by atoms with van der Waals surface area (Å²) in [5, 5.41) is 3.09. The summed E-state index contributed by atoms with van der Waals surface area (Å²) in [4.78, 5) is 31.1. The summed E-state index contributed by atoms with van der Waals surface area (Å²) in [6.07, 6.45) is 2.77. The van der Waals surface area contributed by atoms with Gasteiger partial charge in [0.1, 0.15) is 11.6 Å². The van der Waals surface area contributed by atoms with Crippen molar-refractivity contribution in [2.24, 2.45) is 0 Å². The zero-order valence-corrected chi connectivity index (χ0v) is 18.6. The Morgan fingerprint density at radius 3 is 2.39 bits per heavy atom. The minimum absolute atomic E-state index is 0.0247. The molecule has 2 heterocycles. The third-order valence-corrected chi connectivity index (χ3v) is 6.71. The average Bonchev–Trinajstić information content (AvgIpc) is 2.77. The van der Waals surface area contributed by atoms with Gasteiger partial charge in [0, 0.05) is 32.6 Å². The van der Waals surface area contributed by atoms with Crippen molar-refractivity contribution < 1.29 is 9.59 Å². The molecule has 31 heavy (non-hydrogen) atoms. The van der Waals surface area contributed by atoms with Gasteiger partial charge >= 0.3 is 0 Å². The van der Waals surface area contributed by atoms with Crippen molar-refractivity contribution in [1.82, 2.24) is 15.1 Å². The Labute approximate surface area is 185 Å². The van der Waals surface area contributed by atoms with E-state index < -0.39 is 11.6 Å². The first kappa shape index (κ1) is 21.6. The summed E-state index contributed by atoms with van der Waals surface area (Å²) in [5.41, 5.74) is 2.93. The van der Waals surface area contributed by atoms with Crippen LogP contribution in [0.25, 0.3) is 0 Å². The molecule has 1 unspecified atom stereocenters. The fraction of sp³-hybridized carbons (Fsp3) is 0.462. The predicted molar refractivity (Wildman–Crippen MR) is 123 cm³/mol. The number of rotatable bonds is 6. The lowest BCUT2D eigenvalue weighted by molar-refractivity contribution is -0.161. The highest BCUT2D eigenvalue weighted by molar-refractivity contribution is 6.00. The highest BCUT2D eigenvalue weighted by atomic mass is 16.2. The highest BCUT2D eigenvalue weighted by Gasteiger charge is 2.53. The zero-order chi connectivity index (χ0) is 21.8. The number of nitrogens with zero attached hydrogens (tertiary/aromatic N) is 2. The Morgan fingerprint density at radius 1 is 1.00 bits per heavy atom. The molecule has 2 aliphatic rings. The van der Waals surface area contributed by atoms with Crippen LogP contribution < -0.4 is 5.32 Å². The first-order valence-electron chi connectivity index (χ1n) is 11.5. The van der Waals surface area contributed by atoms with Crippen molar-refractivity contribution in [2.75, 3.05) is 19.6 Å². The smallest absolute Gasteiger partial charge is 0.246 e. The number of piperidine rings is 1. The van der Waals surface area contributed by atoms with E-state index in [1.807, 2.05) is 35.2 Å². The van der Waals surface area contributed by atoms with E-state index >= 15 is 0 Å². The molecular formula is C26H33N3O2. The van der Waals surface area contributed by atoms with Crippen molar-refractivity contribution in [2.45, 2.75) is 57.7 Å². The predicted octanol–water partition coefficient (Wildman–Crippen LogP) is 3.31. The number of hydrogen-bond donors (Lipinski definition) is 1. The number of amides is 2.